The van der Waals surface area contributed by atoms with Gasteiger partial charge < -0.3 is 15.2 Å². The monoisotopic (exact) mass is 281 g/mol. The maximum absolute atomic E-state index is 13.8. The molecule has 0 aliphatic heterocycles. The molecule has 0 radical (unpaired) electrons. The molecule has 108 valence electrons. The average molecular weight is 281 g/mol. The van der Waals surface area contributed by atoms with E-state index in [2.05, 4.69) is 15.5 Å². The number of hydrogen-bond acceptors (Lipinski definition) is 6. The van der Waals surface area contributed by atoms with Crippen LogP contribution in [0.4, 0.5) is 10.1 Å². The third-order valence-corrected chi connectivity index (χ3v) is 2.65. The fraction of sp³-hybridized carbons (Fsp3) is 0.417. The van der Waals surface area contributed by atoms with Crippen LogP contribution in [0, 0.1) is 5.82 Å². The van der Waals surface area contributed by atoms with Crippen LogP contribution in [0.25, 0.3) is 11.4 Å². The molecular weight excluding hydrogens is 265 g/mol. The van der Waals surface area contributed by atoms with E-state index in [9.17, 15) is 4.39 Å². The number of nitrogens with zero attached hydrogens (tertiary/aromatic N) is 4. The first kappa shape index (κ1) is 14.4. The lowest BCUT2D eigenvalue weighted by Gasteiger charge is -2.07. The Kier molecular flexibility index (Phi) is 4.97. The van der Waals surface area contributed by atoms with Crippen LogP contribution in [0.3, 0.4) is 0 Å². The molecule has 2 aromatic rings. The molecule has 0 fully saturated rings. The number of rotatable bonds is 7. The quantitative estimate of drug-likeness (QED) is 0.594. The minimum Gasteiger partial charge on any atom is -0.399 e. The third-order valence-electron chi connectivity index (χ3n) is 2.65. The highest BCUT2D eigenvalue weighted by Gasteiger charge is 2.13. The summed E-state index contributed by atoms with van der Waals surface area (Å²) in [6.45, 7) is 1.85. The third kappa shape index (κ3) is 3.49. The number of nitrogens with two attached hydrogens (primary N) is 1. The normalized spacial score (nSPS) is 10.9. The lowest BCUT2D eigenvalue weighted by Crippen LogP contribution is -2.12. The Hall–Kier alpha value is -2.06. The number of benzene rings is 1. The molecule has 0 spiro atoms. The lowest BCUT2D eigenvalue weighted by atomic mass is 10.2. The molecule has 0 aliphatic rings. The number of tetrazole rings is 1. The van der Waals surface area contributed by atoms with Crippen LogP contribution in [0.1, 0.15) is 0 Å². The van der Waals surface area contributed by atoms with Crippen LogP contribution in [-0.4, -0.2) is 47.1 Å². The molecule has 1 aromatic carbocycles. The zero-order valence-corrected chi connectivity index (χ0v) is 11.1. The summed E-state index contributed by atoms with van der Waals surface area (Å²) in [5.41, 5.74) is 6.18. The fourth-order valence-corrected chi connectivity index (χ4v) is 1.66. The number of anilines is 1. The highest BCUT2D eigenvalue weighted by Crippen LogP contribution is 2.21. The Morgan fingerprint density at radius 2 is 2.15 bits per heavy atom. The van der Waals surface area contributed by atoms with Gasteiger partial charge in [0, 0.05) is 12.8 Å². The number of nitrogen functional groups attached to an aromatic ring is 1. The first-order valence-corrected chi connectivity index (χ1v) is 6.10. The largest absolute Gasteiger partial charge is 0.399 e. The van der Waals surface area contributed by atoms with E-state index < -0.39 is 5.82 Å². The standard InChI is InChI=1S/C12H16FN5O2/c1-19-6-7-20-5-4-18-12(15-16-17-18)10-3-2-9(14)8-11(10)13/h2-3,8H,4-7,14H2,1H3. The van der Waals surface area contributed by atoms with Crippen molar-refractivity contribution in [3.05, 3.63) is 24.0 Å². The summed E-state index contributed by atoms with van der Waals surface area (Å²) in [5.74, 6) is -0.112. The van der Waals surface area contributed by atoms with Crippen molar-refractivity contribution in [2.45, 2.75) is 6.54 Å². The van der Waals surface area contributed by atoms with Gasteiger partial charge in [-0.1, -0.05) is 0 Å². The molecule has 20 heavy (non-hydrogen) atoms. The predicted octanol–water partition coefficient (Wildman–Crippen LogP) is 0.724. The molecule has 2 N–H and O–H groups in total. The van der Waals surface area contributed by atoms with Gasteiger partial charge in [0.2, 0.25) is 0 Å². The molecule has 1 aromatic heterocycles. The number of ether oxygens (including phenoxy) is 2. The first-order valence-electron chi connectivity index (χ1n) is 6.10. The molecule has 0 aliphatic carbocycles. The second-order valence-electron chi connectivity index (χ2n) is 4.07. The molecule has 2 rings (SSSR count). The summed E-state index contributed by atoms with van der Waals surface area (Å²) in [6.07, 6.45) is 0. The van der Waals surface area contributed by atoms with Gasteiger partial charge in [-0.15, -0.1) is 5.10 Å². The van der Waals surface area contributed by atoms with E-state index in [1.165, 1.54) is 10.7 Å². The van der Waals surface area contributed by atoms with Gasteiger partial charge in [-0.25, -0.2) is 9.07 Å². The van der Waals surface area contributed by atoms with Gasteiger partial charge in [-0.2, -0.15) is 0 Å². The zero-order chi connectivity index (χ0) is 14.4. The van der Waals surface area contributed by atoms with Gasteiger partial charge in [-0.05, 0) is 28.6 Å². The molecule has 0 saturated carbocycles. The first-order chi connectivity index (χ1) is 9.72. The number of methoxy groups -OCH3 is 1. The van der Waals surface area contributed by atoms with E-state index >= 15 is 0 Å². The van der Waals surface area contributed by atoms with Gasteiger partial charge in [0.05, 0.1) is 31.9 Å². The maximum Gasteiger partial charge on any atom is 0.185 e. The molecule has 7 nitrogen and oxygen atoms in total. The predicted molar refractivity (Wildman–Crippen MR) is 70.3 cm³/mol. The Labute approximate surface area is 115 Å². The van der Waals surface area contributed by atoms with Crippen molar-refractivity contribution < 1.29 is 13.9 Å². The molecule has 0 unspecified atom stereocenters. The molecule has 0 bridgehead atoms. The Balaban J connectivity index is 2.04. The zero-order valence-electron chi connectivity index (χ0n) is 11.1. The van der Waals surface area contributed by atoms with E-state index in [0.717, 1.165) is 0 Å². The van der Waals surface area contributed by atoms with E-state index in [4.69, 9.17) is 15.2 Å². The van der Waals surface area contributed by atoms with Crippen LogP contribution >= 0.6 is 0 Å². The van der Waals surface area contributed by atoms with Gasteiger partial charge in [0.25, 0.3) is 0 Å². The van der Waals surface area contributed by atoms with Crippen molar-refractivity contribution in [3.8, 4) is 11.4 Å². The highest BCUT2D eigenvalue weighted by molar-refractivity contribution is 5.59. The molecule has 0 saturated heterocycles. The molecule has 0 atom stereocenters. The molecule has 8 heteroatoms. The van der Waals surface area contributed by atoms with Gasteiger partial charge in [0.15, 0.2) is 5.82 Å². The molecule has 1 heterocycles. The summed E-state index contributed by atoms with van der Waals surface area (Å²) in [7, 11) is 1.60. The summed E-state index contributed by atoms with van der Waals surface area (Å²) < 4.78 is 25.5. The van der Waals surface area contributed by atoms with Crippen molar-refractivity contribution in [1.82, 2.24) is 20.2 Å². The number of halogens is 1. The van der Waals surface area contributed by atoms with E-state index in [1.54, 1.807) is 19.2 Å². The van der Waals surface area contributed by atoms with Crippen LogP contribution in [-0.2, 0) is 16.0 Å². The number of hydrogen-bond donors (Lipinski definition) is 1. The fourth-order valence-electron chi connectivity index (χ4n) is 1.66. The number of aromatic nitrogens is 4. The van der Waals surface area contributed by atoms with Crippen molar-refractivity contribution in [3.63, 3.8) is 0 Å². The smallest absolute Gasteiger partial charge is 0.185 e. The second kappa shape index (κ2) is 6.92. The molecular formula is C12H16FN5O2. The molecule has 0 amide bonds. The van der Waals surface area contributed by atoms with Crippen LogP contribution in [0.15, 0.2) is 18.2 Å². The maximum atomic E-state index is 13.8. The SMILES string of the molecule is COCCOCCn1nnnc1-c1ccc(N)cc1F. The van der Waals surface area contributed by atoms with E-state index in [1.807, 2.05) is 0 Å². The summed E-state index contributed by atoms with van der Waals surface area (Å²) in [5, 5.41) is 11.2. The minimum atomic E-state index is -0.457. The Morgan fingerprint density at radius 3 is 2.90 bits per heavy atom. The van der Waals surface area contributed by atoms with Gasteiger partial charge in [-0.3, -0.25) is 0 Å². The summed E-state index contributed by atoms with van der Waals surface area (Å²) in [6, 6.07) is 4.40. The van der Waals surface area contributed by atoms with Crippen molar-refractivity contribution in [1.29, 1.82) is 0 Å². The topological polar surface area (TPSA) is 88.1 Å². The average Bonchev–Trinajstić information content (AvgIpc) is 2.87. The lowest BCUT2D eigenvalue weighted by molar-refractivity contribution is 0.0654. The summed E-state index contributed by atoms with van der Waals surface area (Å²) in [4.78, 5) is 0. The Morgan fingerprint density at radius 1 is 1.30 bits per heavy atom. The van der Waals surface area contributed by atoms with Crippen molar-refractivity contribution >= 4 is 5.69 Å². The van der Waals surface area contributed by atoms with E-state index in [-0.39, 0.29) is 0 Å². The Bertz CT molecular complexity index is 561. The summed E-state index contributed by atoms with van der Waals surface area (Å²) >= 11 is 0. The van der Waals surface area contributed by atoms with Crippen molar-refractivity contribution in [2.24, 2.45) is 0 Å². The minimum absolute atomic E-state index is 0.307. The van der Waals surface area contributed by atoms with Gasteiger partial charge >= 0.3 is 0 Å². The van der Waals surface area contributed by atoms with Crippen LogP contribution in [0.5, 0.6) is 0 Å². The van der Waals surface area contributed by atoms with Crippen LogP contribution in [0.2, 0.25) is 0 Å². The van der Waals surface area contributed by atoms with Crippen molar-refractivity contribution in [2.75, 3.05) is 32.7 Å². The van der Waals surface area contributed by atoms with E-state index in [0.29, 0.717) is 43.4 Å². The second-order valence-corrected chi connectivity index (χ2v) is 4.07. The van der Waals surface area contributed by atoms with Crippen LogP contribution < -0.4 is 5.73 Å². The highest BCUT2D eigenvalue weighted by atomic mass is 19.1. The van der Waals surface area contributed by atoms with Gasteiger partial charge in [0.1, 0.15) is 5.82 Å².